The van der Waals surface area contributed by atoms with Gasteiger partial charge in [-0.3, -0.25) is 14.5 Å². The zero-order valence-electron chi connectivity index (χ0n) is 15.2. The molecule has 1 aliphatic heterocycles. The normalized spacial score (nSPS) is 16.4. The highest BCUT2D eigenvalue weighted by Crippen LogP contribution is 2.42. The van der Waals surface area contributed by atoms with Crippen LogP contribution in [-0.2, 0) is 9.53 Å². The van der Waals surface area contributed by atoms with Gasteiger partial charge in [0.1, 0.15) is 11.8 Å². The fourth-order valence-corrected chi connectivity index (χ4v) is 3.91. The molecule has 8 heteroatoms. The van der Waals surface area contributed by atoms with Crippen LogP contribution in [0.4, 0.5) is 5.69 Å². The van der Waals surface area contributed by atoms with Gasteiger partial charge in [-0.15, -0.1) is 11.3 Å². The molecule has 0 radical (unpaired) electrons. The lowest BCUT2D eigenvalue weighted by atomic mass is 10.00. The first-order valence-corrected chi connectivity index (χ1v) is 9.47. The summed E-state index contributed by atoms with van der Waals surface area (Å²) >= 11 is 1.22. The number of anilines is 1. The number of aliphatic hydroxyl groups excluding tert-OH is 1. The van der Waals surface area contributed by atoms with E-state index in [0.717, 1.165) is 0 Å². The largest absolute Gasteiger partial charge is 0.503 e. The van der Waals surface area contributed by atoms with E-state index in [-0.39, 0.29) is 5.57 Å². The van der Waals surface area contributed by atoms with Crippen molar-refractivity contribution in [3.8, 4) is 0 Å². The highest BCUT2D eigenvalue weighted by molar-refractivity contribution is 7.12. The van der Waals surface area contributed by atoms with Crippen molar-refractivity contribution in [2.75, 3.05) is 12.0 Å². The number of thiophene rings is 1. The van der Waals surface area contributed by atoms with Gasteiger partial charge in [-0.1, -0.05) is 6.07 Å². The van der Waals surface area contributed by atoms with Gasteiger partial charge in [0.2, 0.25) is 5.78 Å². The third kappa shape index (κ3) is 3.13. The molecule has 146 valence electrons. The van der Waals surface area contributed by atoms with E-state index in [4.69, 9.17) is 4.42 Å². The Hall–Kier alpha value is -3.65. The van der Waals surface area contributed by atoms with Crippen molar-refractivity contribution >= 4 is 34.7 Å². The SMILES string of the molecule is COC(=O)c1ccc(N2C(=O)C(O)=C(C(=O)c3cccs3)C2c2ccco2)cc1. The molecule has 0 spiro atoms. The molecule has 1 unspecified atom stereocenters. The molecule has 0 saturated heterocycles. The molecule has 3 aromatic rings. The summed E-state index contributed by atoms with van der Waals surface area (Å²) in [5.41, 5.74) is 0.651. The molecule has 1 aliphatic rings. The van der Waals surface area contributed by atoms with Crippen molar-refractivity contribution in [3.05, 3.63) is 87.7 Å². The van der Waals surface area contributed by atoms with Crippen LogP contribution in [0.1, 0.15) is 31.8 Å². The third-order valence-corrected chi connectivity index (χ3v) is 5.45. The molecule has 0 bridgehead atoms. The molecular weight excluding hydrogens is 394 g/mol. The second-order valence-corrected chi connectivity index (χ2v) is 7.15. The summed E-state index contributed by atoms with van der Waals surface area (Å²) in [5, 5.41) is 12.3. The zero-order valence-corrected chi connectivity index (χ0v) is 16.0. The number of hydrogen-bond acceptors (Lipinski definition) is 7. The minimum atomic E-state index is -0.934. The zero-order chi connectivity index (χ0) is 20.5. The van der Waals surface area contributed by atoms with Gasteiger partial charge in [-0.25, -0.2) is 4.79 Å². The number of Topliss-reactive ketones (excluding diaryl/α,β-unsaturated/α-hetero) is 1. The number of carbonyl (C=O) groups is 3. The number of benzene rings is 1. The Morgan fingerprint density at radius 1 is 1.14 bits per heavy atom. The Balaban J connectivity index is 1.79. The summed E-state index contributed by atoms with van der Waals surface area (Å²) < 4.78 is 10.2. The molecule has 1 atom stereocenters. The topological polar surface area (TPSA) is 97.0 Å². The fourth-order valence-electron chi connectivity index (χ4n) is 3.24. The Morgan fingerprint density at radius 3 is 2.48 bits per heavy atom. The fraction of sp³-hybridized carbons (Fsp3) is 0.0952. The van der Waals surface area contributed by atoms with Crippen LogP contribution in [0.5, 0.6) is 0 Å². The molecule has 7 nitrogen and oxygen atoms in total. The van der Waals surface area contributed by atoms with Crippen molar-refractivity contribution in [2.45, 2.75) is 6.04 Å². The summed E-state index contributed by atoms with van der Waals surface area (Å²) in [6, 6.07) is 11.8. The summed E-state index contributed by atoms with van der Waals surface area (Å²) in [6.45, 7) is 0. The summed E-state index contributed by atoms with van der Waals surface area (Å²) in [4.78, 5) is 39.3. The Kier molecular flexibility index (Phi) is 4.77. The summed E-state index contributed by atoms with van der Waals surface area (Å²) in [6.07, 6.45) is 1.43. The van der Waals surface area contributed by atoms with Gasteiger partial charge in [-0.2, -0.15) is 0 Å². The molecular formula is C21H15NO6S. The van der Waals surface area contributed by atoms with Crippen LogP contribution in [-0.4, -0.2) is 29.9 Å². The number of aliphatic hydroxyl groups is 1. The van der Waals surface area contributed by atoms with E-state index < -0.39 is 29.5 Å². The highest BCUT2D eigenvalue weighted by Gasteiger charge is 2.46. The monoisotopic (exact) mass is 409 g/mol. The van der Waals surface area contributed by atoms with Gasteiger partial charge in [0, 0.05) is 5.69 Å². The van der Waals surface area contributed by atoms with Gasteiger partial charge < -0.3 is 14.3 Å². The van der Waals surface area contributed by atoms with Gasteiger partial charge >= 0.3 is 5.97 Å². The van der Waals surface area contributed by atoms with Crippen LogP contribution >= 0.6 is 11.3 Å². The number of amides is 1. The summed E-state index contributed by atoms with van der Waals surface area (Å²) in [5.74, 6) is -1.97. The number of rotatable bonds is 5. The minimum absolute atomic E-state index is 0.0514. The quantitative estimate of drug-likeness (QED) is 0.507. The van der Waals surface area contributed by atoms with E-state index in [1.165, 1.54) is 41.7 Å². The first kappa shape index (κ1) is 18.7. The average molecular weight is 409 g/mol. The van der Waals surface area contributed by atoms with Crippen molar-refractivity contribution in [1.82, 2.24) is 0 Å². The maximum atomic E-state index is 13.0. The average Bonchev–Trinajstić information content (AvgIpc) is 3.49. The van der Waals surface area contributed by atoms with Crippen LogP contribution in [0.25, 0.3) is 0 Å². The highest BCUT2D eigenvalue weighted by atomic mass is 32.1. The van der Waals surface area contributed by atoms with Gasteiger partial charge in [0.05, 0.1) is 29.4 Å². The maximum absolute atomic E-state index is 13.0. The maximum Gasteiger partial charge on any atom is 0.337 e. The van der Waals surface area contributed by atoms with Crippen LogP contribution in [0.2, 0.25) is 0 Å². The molecule has 2 aromatic heterocycles. The van der Waals surface area contributed by atoms with E-state index in [2.05, 4.69) is 4.74 Å². The Morgan fingerprint density at radius 2 is 1.90 bits per heavy atom. The van der Waals surface area contributed by atoms with Crippen LogP contribution in [0.15, 0.2) is 75.9 Å². The lowest BCUT2D eigenvalue weighted by Crippen LogP contribution is -2.30. The molecule has 0 fully saturated rings. The van der Waals surface area contributed by atoms with Crippen molar-refractivity contribution < 1.29 is 28.6 Å². The lowest BCUT2D eigenvalue weighted by Gasteiger charge is -2.25. The minimum Gasteiger partial charge on any atom is -0.503 e. The van der Waals surface area contributed by atoms with E-state index in [9.17, 15) is 19.5 Å². The smallest absolute Gasteiger partial charge is 0.337 e. The molecule has 1 amide bonds. The molecule has 1 aromatic carbocycles. The molecule has 0 saturated carbocycles. The predicted molar refractivity (Wildman–Crippen MR) is 105 cm³/mol. The first-order chi connectivity index (χ1) is 14.0. The lowest BCUT2D eigenvalue weighted by molar-refractivity contribution is -0.117. The van der Waals surface area contributed by atoms with Crippen LogP contribution in [0, 0.1) is 0 Å². The number of ether oxygens (including phenoxy) is 1. The van der Waals surface area contributed by atoms with Crippen LogP contribution in [0.3, 0.4) is 0 Å². The first-order valence-electron chi connectivity index (χ1n) is 8.59. The van der Waals surface area contributed by atoms with E-state index in [0.29, 0.717) is 21.9 Å². The number of nitrogens with zero attached hydrogens (tertiary/aromatic N) is 1. The number of ketones is 1. The molecule has 4 rings (SSSR count). The van der Waals surface area contributed by atoms with E-state index in [1.54, 1.807) is 41.8 Å². The van der Waals surface area contributed by atoms with Gasteiger partial charge in [0.25, 0.3) is 5.91 Å². The number of carbonyl (C=O) groups excluding carboxylic acids is 3. The Labute approximate surface area is 169 Å². The predicted octanol–water partition coefficient (Wildman–Crippen LogP) is 3.91. The number of esters is 1. The van der Waals surface area contributed by atoms with E-state index >= 15 is 0 Å². The number of furan rings is 1. The van der Waals surface area contributed by atoms with Gasteiger partial charge in [0.15, 0.2) is 5.76 Å². The Bertz CT molecular complexity index is 1100. The van der Waals surface area contributed by atoms with Crippen molar-refractivity contribution in [2.24, 2.45) is 0 Å². The van der Waals surface area contributed by atoms with Gasteiger partial charge in [-0.05, 0) is 47.8 Å². The molecule has 0 aliphatic carbocycles. The van der Waals surface area contributed by atoms with Crippen molar-refractivity contribution in [3.63, 3.8) is 0 Å². The molecule has 1 N–H and O–H groups in total. The molecule has 3 heterocycles. The third-order valence-electron chi connectivity index (χ3n) is 4.58. The standard InChI is InChI=1S/C21H15NO6S/c1-27-21(26)12-6-8-13(9-7-12)22-17(14-4-2-10-28-14)16(19(24)20(22)25)18(23)15-5-3-11-29-15/h2-11,17,24H,1H3. The summed E-state index contributed by atoms with van der Waals surface area (Å²) in [7, 11) is 1.28. The second-order valence-electron chi connectivity index (χ2n) is 6.20. The number of methoxy groups -OCH3 is 1. The van der Waals surface area contributed by atoms with E-state index in [1.807, 2.05) is 0 Å². The molecule has 29 heavy (non-hydrogen) atoms. The van der Waals surface area contributed by atoms with Crippen LogP contribution < -0.4 is 4.90 Å². The van der Waals surface area contributed by atoms with Crippen molar-refractivity contribution in [1.29, 1.82) is 0 Å². The second kappa shape index (κ2) is 7.40. The number of hydrogen-bond donors (Lipinski definition) is 1.